The Morgan fingerprint density at radius 2 is 1.89 bits per heavy atom. The smallest absolute Gasteiger partial charge is 0.224 e. The molecule has 0 radical (unpaired) electrons. The molecular weight excluding hydrogens is 292 g/mol. The molecule has 0 spiro atoms. The van der Waals surface area contributed by atoms with Gasteiger partial charge < -0.3 is 10.6 Å². The lowest BCUT2D eigenvalue weighted by atomic mass is 10.2. The topological polar surface area (TPSA) is 49.8 Å². The van der Waals surface area contributed by atoms with E-state index in [9.17, 15) is 0 Å². The van der Waals surface area contributed by atoms with Crippen LogP contribution in [0.15, 0.2) is 28.7 Å². The van der Waals surface area contributed by atoms with Gasteiger partial charge in [-0.1, -0.05) is 15.9 Å². The van der Waals surface area contributed by atoms with Crippen LogP contribution in [0.2, 0.25) is 0 Å². The maximum absolute atomic E-state index is 4.37. The van der Waals surface area contributed by atoms with Crippen LogP contribution >= 0.6 is 15.9 Å². The Morgan fingerprint density at radius 3 is 2.56 bits per heavy atom. The summed E-state index contributed by atoms with van der Waals surface area (Å²) < 4.78 is 1.07. The van der Waals surface area contributed by atoms with Crippen molar-refractivity contribution in [1.82, 2.24) is 9.97 Å². The van der Waals surface area contributed by atoms with Crippen LogP contribution in [0, 0.1) is 13.8 Å². The Kier molecular flexibility index (Phi) is 3.81. The molecule has 0 atom stereocenters. The molecule has 18 heavy (non-hydrogen) atoms. The SMILES string of the molecule is CNc1nc(C)cc(Nc2ccc(Br)cc2C)n1. The van der Waals surface area contributed by atoms with E-state index >= 15 is 0 Å². The van der Waals surface area contributed by atoms with Crippen molar-refractivity contribution < 1.29 is 0 Å². The average Bonchev–Trinajstić information content (AvgIpc) is 2.32. The minimum atomic E-state index is 0.618. The Hall–Kier alpha value is -1.62. The lowest BCUT2D eigenvalue weighted by molar-refractivity contribution is 1.10. The van der Waals surface area contributed by atoms with Crippen LogP contribution < -0.4 is 10.6 Å². The number of halogens is 1. The standard InChI is InChI=1S/C13H15BrN4/c1-8-6-10(14)4-5-11(8)17-12-7-9(2)16-13(15-3)18-12/h4-7H,1-3H3,(H2,15,16,17,18). The third kappa shape index (κ3) is 2.98. The highest BCUT2D eigenvalue weighted by molar-refractivity contribution is 9.10. The van der Waals surface area contributed by atoms with Gasteiger partial charge in [-0.05, 0) is 37.6 Å². The minimum absolute atomic E-state index is 0.618. The molecule has 0 amide bonds. The maximum Gasteiger partial charge on any atom is 0.224 e. The third-order valence-corrected chi connectivity index (χ3v) is 3.02. The number of hydrogen-bond acceptors (Lipinski definition) is 4. The molecule has 0 saturated heterocycles. The molecular formula is C13H15BrN4. The van der Waals surface area contributed by atoms with Gasteiger partial charge in [-0.25, -0.2) is 4.98 Å². The molecule has 0 bridgehead atoms. The summed E-state index contributed by atoms with van der Waals surface area (Å²) in [5, 5.41) is 6.25. The molecule has 0 unspecified atom stereocenters. The fourth-order valence-corrected chi connectivity index (χ4v) is 2.13. The van der Waals surface area contributed by atoms with Crippen molar-refractivity contribution in [2.24, 2.45) is 0 Å². The lowest BCUT2D eigenvalue weighted by Gasteiger charge is -2.10. The van der Waals surface area contributed by atoms with E-state index in [-0.39, 0.29) is 0 Å². The summed E-state index contributed by atoms with van der Waals surface area (Å²) in [6.07, 6.45) is 0. The zero-order chi connectivity index (χ0) is 13.1. The van der Waals surface area contributed by atoms with Crippen molar-refractivity contribution in [1.29, 1.82) is 0 Å². The zero-order valence-electron chi connectivity index (χ0n) is 10.6. The number of nitrogens with zero attached hydrogens (tertiary/aromatic N) is 2. The quantitative estimate of drug-likeness (QED) is 0.909. The van der Waals surface area contributed by atoms with Gasteiger partial charge in [0, 0.05) is 29.0 Å². The van der Waals surface area contributed by atoms with Gasteiger partial charge in [-0.15, -0.1) is 0 Å². The number of hydrogen-bond donors (Lipinski definition) is 2. The lowest BCUT2D eigenvalue weighted by Crippen LogP contribution is -2.02. The molecule has 1 aromatic carbocycles. The number of aromatic nitrogens is 2. The number of benzene rings is 1. The monoisotopic (exact) mass is 306 g/mol. The van der Waals surface area contributed by atoms with Crippen molar-refractivity contribution in [2.75, 3.05) is 17.7 Å². The zero-order valence-corrected chi connectivity index (χ0v) is 12.2. The highest BCUT2D eigenvalue weighted by Crippen LogP contribution is 2.23. The Bertz CT molecular complexity index is 569. The van der Waals surface area contributed by atoms with E-state index in [2.05, 4.69) is 49.5 Å². The largest absolute Gasteiger partial charge is 0.357 e. The van der Waals surface area contributed by atoms with E-state index in [4.69, 9.17) is 0 Å². The average molecular weight is 307 g/mol. The second kappa shape index (κ2) is 5.35. The van der Waals surface area contributed by atoms with E-state index in [0.717, 1.165) is 27.2 Å². The highest BCUT2D eigenvalue weighted by atomic mass is 79.9. The predicted octanol–water partition coefficient (Wildman–Crippen LogP) is 3.64. The summed E-state index contributed by atoms with van der Waals surface area (Å²) in [5.74, 6) is 1.41. The van der Waals surface area contributed by atoms with Crippen molar-refractivity contribution in [2.45, 2.75) is 13.8 Å². The van der Waals surface area contributed by atoms with Gasteiger partial charge in [0.15, 0.2) is 0 Å². The third-order valence-electron chi connectivity index (χ3n) is 2.53. The molecule has 0 saturated carbocycles. The molecule has 0 aliphatic carbocycles. The van der Waals surface area contributed by atoms with Crippen LogP contribution in [-0.2, 0) is 0 Å². The van der Waals surface area contributed by atoms with Gasteiger partial charge in [0.25, 0.3) is 0 Å². The Morgan fingerprint density at radius 1 is 1.11 bits per heavy atom. The minimum Gasteiger partial charge on any atom is -0.357 e. The van der Waals surface area contributed by atoms with Crippen LogP contribution in [0.5, 0.6) is 0 Å². The van der Waals surface area contributed by atoms with Gasteiger partial charge in [-0.2, -0.15) is 4.98 Å². The molecule has 1 aromatic heterocycles. The molecule has 0 aliphatic heterocycles. The summed E-state index contributed by atoms with van der Waals surface area (Å²) in [6, 6.07) is 8.01. The summed E-state index contributed by atoms with van der Waals surface area (Å²) in [4.78, 5) is 8.63. The van der Waals surface area contributed by atoms with Gasteiger partial charge in [0.05, 0.1) is 0 Å². The second-order valence-electron chi connectivity index (χ2n) is 4.05. The second-order valence-corrected chi connectivity index (χ2v) is 4.97. The van der Waals surface area contributed by atoms with E-state index in [0.29, 0.717) is 5.95 Å². The normalized spacial score (nSPS) is 10.2. The van der Waals surface area contributed by atoms with Gasteiger partial charge in [-0.3, -0.25) is 0 Å². The fourth-order valence-electron chi connectivity index (χ4n) is 1.65. The number of rotatable bonds is 3. The molecule has 2 N–H and O–H groups in total. The van der Waals surface area contributed by atoms with Crippen molar-refractivity contribution in [3.05, 3.63) is 40.0 Å². The van der Waals surface area contributed by atoms with Crippen molar-refractivity contribution >= 4 is 33.4 Å². The Balaban J connectivity index is 2.30. The molecule has 0 aliphatic rings. The van der Waals surface area contributed by atoms with Gasteiger partial charge in [0.1, 0.15) is 5.82 Å². The Labute approximate surface area is 115 Å². The number of nitrogens with one attached hydrogen (secondary N) is 2. The van der Waals surface area contributed by atoms with Gasteiger partial charge >= 0.3 is 0 Å². The highest BCUT2D eigenvalue weighted by Gasteiger charge is 2.03. The maximum atomic E-state index is 4.37. The van der Waals surface area contributed by atoms with E-state index < -0.39 is 0 Å². The van der Waals surface area contributed by atoms with Crippen LogP contribution in [0.1, 0.15) is 11.3 Å². The summed E-state index contributed by atoms with van der Waals surface area (Å²) >= 11 is 3.45. The molecule has 1 heterocycles. The van der Waals surface area contributed by atoms with Crippen LogP contribution in [0.4, 0.5) is 17.5 Å². The number of anilines is 3. The van der Waals surface area contributed by atoms with Crippen LogP contribution in [0.25, 0.3) is 0 Å². The first-order valence-electron chi connectivity index (χ1n) is 5.65. The summed E-state index contributed by atoms with van der Waals surface area (Å²) in [6.45, 7) is 4.00. The molecule has 2 aromatic rings. The molecule has 2 rings (SSSR count). The van der Waals surface area contributed by atoms with Crippen LogP contribution in [0.3, 0.4) is 0 Å². The molecule has 0 fully saturated rings. The van der Waals surface area contributed by atoms with Crippen LogP contribution in [-0.4, -0.2) is 17.0 Å². The predicted molar refractivity (Wildman–Crippen MR) is 78.5 cm³/mol. The van der Waals surface area contributed by atoms with E-state index in [1.165, 1.54) is 0 Å². The molecule has 94 valence electrons. The first-order valence-corrected chi connectivity index (χ1v) is 6.44. The van der Waals surface area contributed by atoms with Gasteiger partial charge in [0.2, 0.25) is 5.95 Å². The van der Waals surface area contributed by atoms with E-state index in [1.54, 1.807) is 0 Å². The first kappa shape index (κ1) is 12.8. The van der Waals surface area contributed by atoms with Crippen molar-refractivity contribution in [3.8, 4) is 0 Å². The molecule has 5 heteroatoms. The molecule has 4 nitrogen and oxygen atoms in total. The fraction of sp³-hybridized carbons (Fsp3) is 0.231. The van der Waals surface area contributed by atoms with Crippen molar-refractivity contribution in [3.63, 3.8) is 0 Å². The summed E-state index contributed by atoms with van der Waals surface area (Å²) in [7, 11) is 1.81. The summed E-state index contributed by atoms with van der Waals surface area (Å²) in [5.41, 5.74) is 3.12. The number of aryl methyl sites for hydroxylation is 2. The first-order chi connectivity index (χ1) is 8.58. The van der Waals surface area contributed by atoms with E-state index in [1.807, 2.05) is 32.2 Å².